The number of benzene rings is 1. The van der Waals surface area contributed by atoms with E-state index in [0.717, 1.165) is 5.56 Å². The third-order valence-corrected chi connectivity index (χ3v) is 4.66. The molecule has 26 heavy (non-hydrogen) atoms. The molecule has 0 aliphatic carbocycles. The van der Waals surface area contributed by atoms with Crippen molar-refractivity contribution in [2.45, 2.75) is 44.8 Å². The van der Waals surface area contributed by atoms with Gasteiger partial charge in [-0.2, -0.15) is 0 Å². The molecule has 0 saturated carbocycles. The number of aliphatic carboxylic acids is 1. The Morgan fingerprint density at radius 1 is 1.23 bits per heavy atom. The minimum absolute atomic E-state index is 0.226. The summed E-state index contributed by atoms with van der Waals surface area (Å²) in [5, 5.41) is 9.12. The average Bonchev–Trinajstić information content (AvgIpc) is 2.62. The molecule has 0 spiro atoms. The Balaban J connectivity index is 2.34. The summed E-state index contributed by atoms with van der Waals surface area (Å²) >= 11 is 0. The lowest BCUT2D eigenvalue weighted by Crippen LogP contribution is -2.43. The van der Waals surface area contributed by atoms with Gasteiger partial charge in [-0.05, 0) is 25.3 Å². The molecule has 6 nitrogen and oxygen atoms in total. The van der Waals surface area contributed by atoms with Crippen molar-refractivity contribution >= 4 is 17.8 Å². The zero-order valence-electron chi connectivity index (χ0n) is 15.1. The van der Waals surface area contributed by atoms with Crippen LogP contribution in [0.1, 0.15) is 44.3 Å². The monoisotopic (exact) mass is 359 g/mol. The van der Waals surface area contributed by atoms with E-state index in [1.165, 1.54) is 4.90 Å². The van der Waals surface area contributed by atoms with Crippen LogP contribution in [0.4, 0.5) is 0 Å². The fourth-order valence-corrected chi connectivity index (χ4v) is 3.04. The normalized spacial score (nSPS) is 25.2. The van der Waals surface area contributed by atoms with Crippen LogP contribution in [0.2, 0.25) is 0 Å². The Labute approximate surface area is 153 Å². The van der Waals surface area contributed by atoms with E-state index in [9.17, 15) is 14.4 Å². The molecule has 0 unspecified atom stereocenters. The molecule has 1 aromatic carbocycles. The fraction of sp³-hybridized carbons (Fsp3) is 0.450. The van der Waals surface area contributed by atoms with Crippen molar-refractivity contribution < 1.29 is 24.2 Å². The van der Waals surface area contributed by atoms with Gasteiger partial charge in [-0.15, -0.1) is 0 Å². The van der Waals surface area contributed by atoms with Crippen molar-refractivity contribution in [1.29, 1.82) is 0 Å². The first-order valence-electron chi connectivity index (χ1n) is 8.78. The smallest absolute Gasteiger partial charge is 0.306 e. The van der Waals surface area contributed by atoms with Crippen molar-refractivity contribution in [1.82, 2.24) is 4.90 Å². The highest BCUT2D eigenvalue weighted by Gasteiger charge is 2.32. The standard InChI is InChI=1S/C20H25NO5/c1-14-19(15-9-5-3-6-10-15)26-18(24)12-8-4-7-11-16(13-17(22)23)20(25)21(14)2/h3-7,9-10,14,16,19H,8,11-13H2,1-2H3,(H,22,23)/t14-,16-,19-/m0/s1. The van der Waals surface area contributed by atoms with E-state index in [4.69, 9.17) is 9.84 Å². The molecule has 0 radical (unpaired) electrons. The second kappa shape index (κ2) is 9.17. The van der Waals surface area contributed by atoms with Gasteiger partial charge in [0.2, 0.25) is 5.91 Å². The van der Waals surface area contributed by atoms with E-state index in [1.54, 1.807) is 19.2 Å². The van der Waals surface area contributed by atoms with Crippen LogP contribution in [0.15, 0.2) is 42.5 Å². The number of carbonyl (C=O) groups is 3. The summed E-state index contributed by atoms with van der Waals surface area (Å²) in [6, 6.07) is 8.86. The summed E-state index contributed by atoms with van der Waals surface area (Å²) in [4.78, 5) is 37.7. The van der Waals surface area contributed by atoms with Gasteiger partial charge in [0, 0.05) is 13.5 Å². The van der Waals surface area contributed by atoms with Crippen LogP contribution in [-0.2, 0) is 19.1 Å². The van der Waals surface area contributed by atoms with Gasteiger partial charge in [-0.1, -0.05) is 42.5 Å². The lowest BCUT2D eigenvalue weighted by atomic mass is 9.96. The maximum absolute atomic E-state index is 12.9. The molecule has 0 saturated heterocycles. The van der Waals surface area contributed by atoms with Crippen LogP contribution < -0.4 is 0 Å². The van der Waals surface area contributed by atoms with Gasteiger partial charge < -0.3 is 14.7 Å². The third kappa shape index (κ3) is 5.18. The number of likely N-dealkylation sites (N-methyl/N-ethyl adjacent to an activating group) is 1. The summed E-state index contributed by atoms with van der Waals surface area (Å²) in [6.07, 6.45) is 3.82. The maximum Gasteiger partial charge on any atom is 0.306 e. The van der Waals surface area contributed by atoms with Crippen LogP contribution in [0, 0.1) is 5.92 Å². The molecule has 2 rings (SSSR count). The highest BCUT2D eigenvalue weighted by Crippen LogP contribution is 2.27. The van der Waals surface area contributed by atoms with Gasteiger partial charge in [0.15, 0.2) is 0 Å². The molecule has 0 fully saturated rings. The molecule has 0 aromatic heterocycles. The number of esters is 1. The maximum atomic E-state index is 12.9. The summed E-state index contributed by atoms with van der Waals surface area (Å²) < 4.78 is 5.67. The first-order chi connectivity index (χ1) is 12.4. The number of cyclic esters (lactones) is 1. The van der Waals surface area contributed by atoms with Crippen LogP contribution >= 0.6 is 0 Å². The van der Waals surface area contributed by atoms with Crippen molar-refractivity contribution in [3.8, 4) is 0 Å². The van der Waals surface area contributed by atoms with E-state index in [-0.39, 0.29) is 24.7 Å². The summed E-state index contributed by atoms with van der Waals surface area (Å²) in [5.74, 6) is -2.22. The second-order valence-corrected chi connectivity index (χ2v) is 6.55. The number of hydrogen-bond donors (Lipinski definition) is 1. The molecule has 140 valence electrons. The molecule has 1 amide bonds. The molecular formula is C20H25NO5. The molecule has 1 heterocycles. The largest absolute Gasteiger partial charge is 0.481 e. The number of carbonyl (C=O) groups excluding carboxylic acids is 2. The molecule has 0 bridgehead atoms. The summed E-state index contributed by atoms with van der Waals surface area (Å²) in [6.45, 7) is 1.81. The Morgan fingerprint density at radius 2 is 1.92 bits per heavy atom. The predicted octanol–water partition coefficient (Wildman–Crippen LogP) is 2.95. The molecule has 1 N–H and O–H groups in total. The lowest BCUT2D eigenvalue weighted by molar-refractivity contribution is -0.156. The zero-order chi connectivity index (χ0) is 19.1. The topological polar surface area (TPSA) is 83.9 Å². The van der Waals surface area contributed by atoms with Gasteiger partial charge >= 0.3 is 11.9 Å². The van der Waals surface area contributed by atoms with Gasteiger partial charge in [0.05, 0.1) is 18.4 Å². The minimum Gasteiger partial charge on any atom is -0.481 e. The lowest BCUT2D eigenvalue weighted by Gasteiger charge is -2.34. The van der Waals surface area contributed by atoms with Crippen LogP contribution in [-0.4, -0.2) is 40.9 Å². The van der Waals surface area contributed by atoms with Crippen LogP contribution in [0.5, 0.6) is 0 Å². The second-order valence-electron chi connectivity index (χ2n) is 6.55. The summed E-state index contributed by atoms with van der Waals surface area (Å²) in [7, 11) is 1.63. The van der Waals surface area contributed by atoms with Crippen molar-refractivity contribution in [3.05, 3.63) is 48.0 Å². The van der Waals surface area contributed by atoms with E-state index in [0.29, 0.717) is 12.8 Å². The molecular weight excluding hydrogens is 334 g/mol. The Morgan fingerprint density at radius 3 is 2.58 bits per heavy atom. The van der Waals surface area contributed by atoms with Gasteiger partial charge in [0.1, 0.15) is 6.10 Å². The SMILES string of the molecule is C[C@H]1[C@@H](c2ccccc2)OC(=O)CCC=CC[C@@H](CC(=O)O)C(=O)N1C. The van der Waals surface area contributed by atoms with Gasteiger partial charge in [-0.25, -0.2) is 0 Å². The average molecular weight is 359 g/mol. The van der Waals surface area contributed by atoms with E-state index in [2.05, 4.69) is 0 Å². The van der Waals surface area contributed by atoms with Crippen LogP contribution in [0.3, 0.4) is 0 Å². The van der Waals surface area contributed by atoms with Gasteiger partial charge in [-0.3, -0.25) is 14.4 Å². The zero-order valence-corrected chi connectivity index (χ0v) is 15.1. The molecule has 1 aliphatic heterocycles. The number of rotatable bonds is 3. The highest BCUT2D eigenvalue weighted by molar-refractivity contribution is 5.83. The van der Waals surface area contributed by atoms with Crippen molar-refractivity contribution in [3.63, 3.8) is 0 Å². The molecule has 1 aliphatic rings. The van der Waals surface area contributed by atoms with Crippen molar-refractivity contribution in [2.24, 2.45) is 5.92 Å². The van der Waals surface area contributed by atoms with E-state index >= 15 is 0 Å². The van der Waals surface area contributed by atoms with Crippen molar-refractivity contribution in [2.75, 3.05) is 7.05 Å². The molecule has 1 aromatic rings. The quantitative estimate of drug-likeness (QED) is 0.663. The number of carboxylic acids is 1. The number of carboxylic acid groups (broad SMARTS) is 1. The number of allylic oxidation sites excluding steroid dienone is 2. The number of amides is 1. The highest BCUT2D eigenvalue weighted by atomic mass is 16.5. The predicted molar refractivity (Wildman–Crippen MR) is 96.2 cm³/mol. The third-order valence-electron chi connectivity index (χ3n) is 4.66. The van der Waals surface area contributed by atoms with Gasteiger partial charge in [0.25, 0.3) is 0 Å². The number of hydrogen-bond acceptors (Lipinski definition) is 4. The Kier molecular flexibility index (Phi) is 6.95. The van der Waals surface area contributed by atoms with Crippen LogP contribution in [0.25, 0.3) is 0 Å². The van der Waals surface area contributed by atoms with E-state index < -0.39 is 24.0 Å². The molecule has 3 atom stereocenters. The number of nitrogens with zero attached hydrogens (tertiary/aromatic N) is 1. The summed E-state index contributed by atoms with van der Waals surface area (Å²) in [5.41, 5.74) is 0.801. The first kappa shape index (κ1) is 19.7. The minimum atomic E-state index is -1.00. The molecule has 6 heteroatoms. The fourth-order valence-electron chi connectivity index (χ4n) is 3.04. The first-order valence-corrected chi connectivity index (χ1v) is 8.78. The Hall–Kier alpha value is -2.63. The number of ether oxygens (including phenoxy) is 1. The van der Waals surface area contributed by atoms with E-state index in [1.807, 2.05) is 37.3 Å². The Bertz CT molecular complexity index is 670.